The summed E-state index contributed by atoms with van der Waals surface area (Å²) in [5.74, 6) is 1.36. The lowest BCUT2D eigenvalue weighted by Gasteiger charge is -2.05. The van der Waals surface area contributed by atoms with E-state index in [1.165, 1.54) is 0 Å². The van der Waals surface area contributed by atoms with E-state index in [1.54, 1.807) is 12.5 Å². The Kier molecular flexibility index (Phi) is 3.06. The number of pyridine rings is 1. The van der Waals surface area contributed by atoms with Crippen molar-refractivity contribution in [1.82, 2.24) is 4.98 Å². The molecule has 0 saturated heterocycles. The highest BCUT2D eigenvalue weighted by Crippen LogP contribution is 2.23. The number of hydrogen-bond donors (Lipinski definition) is 0. The topological polar surface area (TPSA) is 35.3 Å². The Morgan fingerprint density at radius 1 is 1.53 bits per heavy atom. The summed E-state index contributed by atoms with van der Waals surface area (Å²) in [7, 11) is 0. The van der Waals surface area contributed by atoms with Gasteiger partial charge in [0.25, 0.3) is 0 Å². The second kappa shape index (κ2) is 4.49. The first kappa shape index (κ1) is 10.2. The van der Waals surface area contributed by atoms with Crippen LogP contribution in [0.4, 0.5) is 0 Å². The maximum Gasteiger partial charge on any atom is 0.228 e. The highest BCUT2D eigenvalue weighted by Gasteiger charge is 2.04. The van der Waals surface area contributed by atoms with Crippen molar-refractivity contribution in [3.05, 3.63) is 46.5 Å². The normalized spacial score (nSPS) is 10.3. The standard InChI is InChI=1S/C11H10BrNO2/c1-8-5-10(12)11(13-6-8)15-7-9-3-2-4-14-9/h2-6H,7H2,1H3. The highest BCUT2D eigenvalue weighted by atomic mass is 79.9. The molecule has 0 bridgehead atoms. The molecule has 0 N–H and O–H groups in total. The Bertz CT molecular complexity index is 440. The SMILES string of the molecule is Cc1cnc(OCc2ccco2)c(Br)c1. The Morgan fingerprint density at radius 2 is 2.40 bits per heavy atom. The van der Waals surface area contributed by atoms with Crippen molar-refractivity contribution in [3.8, 4) is 5.88 Å². The molecule has 0 aromatic carbocycles. The number of aryl methyl sites for hydroxylation is 1. The van der Waals surface area contributed by atoms with Gasteiger partial charge >= 0.3 is 0 Å². The summed E-state index contributed by atoms with van der Waals surface area (Å²) in [6.45, 7) is 2.37. The van der Waals surface area contributed by atoms with E-state index in [9.17, 15) is 0 Å². The van der Waals surface area contributed by atoms with E-state index in [0.29, 0.717) is 12.5 Å². The van der Waals surface area contributed by atoms with Gasteiger partial charge in [-0.1, -0.05) is 0 Å². The molecule has 0 saturated carbocycles. The fourth-order valence-corrected chi connectivity index (χ4v) is 1.74. The number of halogens is 1. The van der Waals surface area contributed by atoms with Gasteiger partial charge in [-0.2, -0.15) is 0 Å². The van der Waals surface area contributed by atoms with Crippen LogP contribution in [-0.2, 0) is 6.61 Å². The third kappa shape index (κ3) is 2.59. The fourth-order valence-electron chi connectivity index (χ4n) is 1.16. The van der Waals surface area contributed by atoms with Gasteiger partial charge in [-0.25, -0.2) is 4.98 Å². The lowest BCUT2D eigenvalue weighted by molar-refractivity contribution is 0.259. The molecule has 4 heteroatoms. The molecule has 78 valence electrons. The van der Waals surface area contributed by atoms with Crippen LogP contribution >= 0.6 is 15.9 Å². The van der Waals surface area contributed by atoms with Crippen LogP contribution in [0.1, 0.15) is 11.3 Å². The lowest BCUT2D eigenvalue weighted by atomic mass is 10.3. The highest BCUT2D eigenvalue weighted by molar-refractivity contribution is 9.10. The number of furan rings is 1. The van der Waals surface area contributed by atoms with E-state index in [-0.39, 0.29) is 0 Å². The summed E-state index contributed by atoms with van der Waals surface area (Å²) in [4.78, 5) is 4.17. The molecule has 15 heavy (non-hydrogen) atoms. The maximum absolute atomic E-state index is 5.48. The molecule has 2 rings (SSSR count). The van der Waals surface area contributed by atoms with Crippen LogP contribution in [0.2, 0.25) is 0 Å². The average molecular weight is 268 g/mol. The summed E-state index contributed by atoms with van der Waals surface area (Å²) in [5.41, 5.74) is 1.09. The predicted molar refractivity (Wildman–Crippen MR) is 59.7 cm³/mol. The summed E-state index contributed by atoms with van der Waals surface area (Å²) < 4.78 is 11.5. The van der Waals surface area contributed by atoms with Crippen LogP contribution in [-0.4, -0.2) is 4.98 Å². The average Bonchev–Trinajstić information content (AvgIpc) is 2.69. The third-order valence-corrected chi connectivity index (χ3v) is 2.44. The first-order chi connectivity index (χ1) is 7.25. The van der Waals surface area contributed by atoms with Gasteiger partial charge in [0, 0.05) is 6.20 Å². The Hall–Kier alpha value is -1.29. The second-order valence-corrected chi connectivity index (χ2v) is 4.02. The molecule has 0 aliphatic carbocycles. The van der Waals surface area contributed by atoms with Crippen LogP contribution in [0, 0.1) is 6.92 Å². The van der Waals surface area contributed by atoms with Gasteiger partial charge in [0.05, 0.1) is 10.7 Å². The van der Waals surface area contributed by atoms with Gasteiger partial charge in [-0.15, -0.1) is 0 Å². The molecule has 0 aliphatic heterocycles. The molecule has 2 heterocycles. The monoisotopic (exact) mass is 267 g/mol. The van der Waals surface area contributed by atoms with E-state index in [4.69, 9.17) is 9.15 Å². The molecule has 2 aromatic heterocycles. The minimum absolute atomic E-state index is 0.391. The van der Waals surface area contributed by atoms with Gasteiger partial charge in [-0.05, 0) is 46.6 Å². The van der Waals surface area contributed by atoms with Crippen LogP contribution < -0.4 is 4.74 Å². The molecule has 0 spiro atoms. The first-order valence-corrected chi connectivity index (χ1v) is 5.32. The van der Waals surface area contributed by atoms with E-state index < -0.39 is 0 Å². The number of aromatic nitrogens is 1. The smallest absolute Gasteiger partial charge is 0.228 e. The third-order valence-electron chi connectivity index (χ3n) is 1.88. The molecular weight excluding hydrogens is 258 g/mol. The number of hydrogen-bond acceptors (Lipinski definition) is 3. The van der Waals surface area contributed by atoms with Crippen LogP contribution in [0.5, 0.6) is 5.88 Å². The van der Waals surface area contributed by atoms with Crippen LogP contribution in [0.25, 0.3) is 0 Å². The minimum Gasteiger partial charge on any atom is -0.469 e. The van der Waals surface area contributed by atoms with Crippen molar-refractivity contribution < 1.29 is 9.15 Å². The van der Waals surface area contributed by atoms with Crippen molar-refractivity contribution >= 4 is 15.9 Å². The zero-order chi connectivity index (χ0) is 10.7. The van der Waals surface area contributed by atoms with E-state index >= 15 is 0 Å². The van der Waals surface area contributed by atoms with Crippen molar-refractivity contribution in [1.29, 1.82) is 0 Å². The molecule has 0 fully saturated rings. The molecule has 3 nitrogen and oxygen atoms in total. The number of nitrogens with zero attached hydrogens (tertiary/aromatic N) is 1. The zero-order valence-corrected chi connectivity index (χ0v) is 9.82. The quantitative estimate of drug-likeness (QED) is 0.856. The Morgan fingerprint density at radius 3 is 3.07 bits per heavy atom. The van der Waals surface area contributed by atoms with E-state index in [0.717, 1.165) is 15.8 Å². The van der Waals surface area contributed by atoms with Gasteiger partial charge in [0.15, 0.2) is 0 Å². The van der Waals surface area contributed by atoms with Gasteiger partial charge in [0.1, 0.15) is 12.4 Å². The van der Waals surface area contributed by atoms with Crippen molar-refractivity contribution in [3.63, 3.8) is 0 Å². The largest absolute Gasteiger partial charge is 0.469 e. The first-order valence-electron chi connectivity index (χ1n) is 4.53. The van der Waals surface area contributed by atoms with Crippen molar-refractivity contribution in [2.75, 3.05) is 0 Å². The second-order valence-electron chi connectivity index (χ2n) is 3.17. The molecule has 0 aliphatic rings. The molecule has 2 aromatic rings. The Balaban J connectivity index is 2.05. The number of rotatable bonds is 3. The molecule has 0 amide bonds. The lowest BCUT2D eigenvalue weighted by Crippen LogP contribution is -1.96. The number of ether oxygens (including phenoxy) is 1. The van der Waals surface area contributed by atoms with Crippen LogP contribution in [0.15, 0.2) is 39.5 Å². The zero-order valence-electron chi connectivity index (χ0n) is 8.24. The Labute approximate surface area is 96.2 Å². The summed E-state index contributed by atoms with van der Waals surface area (Å²) in [6.07, 6.45) is 3.39. The van der Waals surface area contributed by atoms with E-state index in [1.807, 2.05) is 25.1 Å². The molecule has 0 atom stereocenters. The van der Waals surface area contributed by atoms with Crippen LogP contribution in [0.3, 0.4) is 0 Å². The van der Waals surface area contributed by atoms with Gasteiger partial charge < -0.3 is 9.15 Å². The summed E-state index contributed by atoms with van der Waals surface area (Å²) in [5, 5.41) is 0. The molecule has 0 unspecified atom stereocenters. The predicted octanol–water partition coefficient (Wildman–Crippen LogP) is 3.32. The summed E-state index contributed by atoms with van der Waals surface area (Å²) in [6, 6.07) is 5.66. The minimum atomic E-state index is 0.391. The summed E-state index contributed by atoms with van der Waals surface area (Å²) >= 11 is 3.39. The maximum atomic E-state index is 5.48. The van der Waals surface area contributed by atoms with Crippen molar-refractivity contribution in [2.45, 2.75) is 13.5 Å². The van der Waals surface area contributed by atoms with Gasteiger partial charge in [0.2, 0.25) is 5.88 Å². The fraction of sp³-hybridized carbons (Fsp3) is 0.182. The van der Waals surface area contributed by atoms with Crippen molar-refractivity contribution in [2.24, 2.45) is 0 Å². The van der Waals surface area contributed by atoms with Gasteiger partial charge in [-0.3, -0.25) is 0 Å². The van der Waals surface area contributed by atoms with E-state index in [2.05, 4.69) is 20.9 Å². The molecular formula is C11H10BrNO2. The molecule has 0 radical (unpaired) electrons.